The fraction of sp³-hybridized carbons (Fsp3) is 0.200. The molecule has 20 heavy (non-hydrogen) atoms. The maximum Gasteiger partial charge on any atom is 0.312 e. The average molecular weight is 271 g/mol. The molecule has 1 aliphatic rings. The lowest BCUT2D eigenvalue weighted by molar-refractivity contribution is -0.139. The summed E-state index contributed by atoms with van der Waals surface area (Å²) in [5, 5.41) is 9.36. The fourth-order valence-corrected chi connectivity index (χ4v) is 2.54. The van der Waals surface area contributed by atoms with Crippen molar-refractivity contribution in [1.82, 2.24) is 4.90 Å². The van der Waals surface area contributed by atoms with Gasteiger partial charge in [-0.15, -0.1) is 0 Å². The van der Waals surface area contributed by atoms with Crippen LogP contribution in [0.2, 0.25) is 0 Å². The fourth-order valence-electron chi connectivity index (χ4n) is 2.54. The molecule has 2 aromatic rings. The molecule has 0 unspecified atom stereocenters. The van der Waals surface area contributed by atoms with Gasteiger partial charge in [0.2, 0.25) is 0 Å². The molecule has 5 nitrogen and oxygen atoms in total. The molecule has 0 saturated heterocycles. The monoisotopic (exact) mass is 271 g/mol. The van der Waals surface area contributed by atoms with Crippen LogP contribution < -0.4 is 0 Å². The summed E-state index contributed by atoms with van der Waals surface area (Å²) in [5.74, 6) is -1.81. The number of aliphatic carboxylic acids is 1. The van der Waals surface area contributed by atoms with Gasteiger partial charge < -0.3 is 14.4 Å². The first-order chi connectivity index (χ1) is 9.66. The number of carboxylic acids is 1. The highest BCUT2D eigenvalue weighted by molar-refractivity contribution is 5.94. The molecule has 3 rings (SSSR count). The summed E-state index contributed by atoms with van der Waals surface area (Å²) in [6.07, 6.45) is 2.80. The normalized spacial score (nSPS) is 17.6. The standard InChI is InChI=1S/C15H13NO4/c17-14(11-5-6-20-9-11)16-7-10-3-1-2-4-12(10)13(8-16)15(18)19/h1-6,9,13H,7-8H2,(H,18,19)/t13-/m0/s1. The lowest BCUT2D eigenvalue weighted by atomic mass is 9.89. The van der Waals surface area contributed by atoms with Gasteiger partial charge in [0.05, 0.1) is 17.7 Å². The lowest BCUT2D eigenvalue weighted by Gasteiger charge is -2.32. The molecule has 5 heteroatoms. The maximum atomic E-state index is 12.3. The molecule has 0 radical (unpaired) electrons. The zero-order valence-corrected chi connectivity index (χ0v) is 10.7. The number of hydrogen-bond acceptors (Lipinski definition) is 3. The van der Waals surface area contributed by atoms with Crippen molar-refractivity contribution >= 4 is 11.9 Å². The van der Waals surface area contributed by atoms with Gasteiger partial charge in [-0.1, -0.05) is 24.3 Å². The number of fused-ring (bicyclic) bond motifs is 1. The second kappa shape index (κ2) is 4.85. The van der Waals surface area contributed by atoms with Gasteiger partial charge in [-0.25, -0.2) is 0 Å². The van der Waals surface area contributed by atoms with Gasteiger partial charge in [0.1, 0.15) is 6.26 Å². The number of hydrogen-bond donors (Lipinski definition) is 1. The minimum atomic E-state index is -0.915. The smallest absolute Gasteiger partial charge is 0.312 e. The van der Waals surface area contributed by atoms with E-state index in [0.29, 0.717) is 12.1 Å². The van der Waals surface area contributed by atoms with Gasteiger partial charge in [-0.05, 0) is 17.2 Å². The highest BCUT2D eigenvalue weighted by Gasteiger charge is 2.32. The Morgan fingerprint density at radius 1 is 1.25 bits per heavy atom. The molecule has 1 aromatic heterocycles. The Kier molecular flexibility index (Phi) is 3.02. The summed E-state index contributed by atoms with van der Waals surface area (Å²) in [6.45, 7) is 0.598. The van der Waals surface area contributed by atoms with E-state index in [2.05, 4.69) is 0 Å². The highest BCUT2D eigenvalue weighted by Crippen LogP contribution is 2.29. The third kappa shape index (κ3) is 2.07. The van der Waals surface area contributed by atoms with Crippen LogP contribution in [0.25, 0.3) is 0 Å². The van der Waals surface area contributed by atoms with E-state index in [1.165, 1.54) is 12.5 Å². The van der Waals surface area contributed by atoms with E-state index >= 15 is 0 Å². The van der Waals surface area contributed by atoms with Gasteiger partial charge in [0.25, 0.3) is 5.91 Å². The summed E-state index contributed by atoms with van der Waals surface area (Å²) in [6, 6.07) is 8.93. The summed E-state index contributed by atoms with van der Waals surface area (Å²) in [5.41, 5.74) is 2.10. The third-order valence-electron chi connectivity index (χ3n) is 3.55. The Balaban J connectivity index is 1.94. The van der Waals surface area contributed by atoms with Crippen LogP contribution in [-0.4, -0.2) is 28.4 Å². The van der Waals surface area contributed by atoms with Gasteiger partial charge in [0, 0.05) is 13.1 Å². The zero-order chi connectivity index (χ0) is 14.1. The average Bonchev–Trinajstić information content (AvgIpc) is 2.99. The Morgan fingerprint density at radius 2 is 2.05 bits per heavy atom. The largest absolute Gasteiger partial charge is 0.481 e. The van der Waals surface area contributed by atoms with E-state index in [0.717, 1.165) is 11.1 Å². The quantitative estimate of drug-likeness (QED) is 0.908. The molecule has 1 aromatic carbocycles. The van der Waals surface area contributed by atoms with Crippen LogP contribution >= 0.6 is 0 Å². The van der Waals surface area contributed by atoms with Crippen LogP contribution in [0, 0.1) is 0 Å². The summed E-state index contributed by atoms with van der Waals surface area (Å²) in [4.78, 5) is 25.3. The Hall–Kier alpha value is -2.56. The Labute approximate surface area is 115 Å². The van der Waals surface area contributed by atoms with Crippen LogP contribution in [0.1, 0.15) is 27.4 Å². The highest BCUT2D eigenvalue weighted by atomic mass is 16.4. The first-order valence-corrected chi connectivity index (χ1v) is 6.29. The zero-order valence-electron chi connectivity index (χ0n) is 10.7. The molecule has 0 aliphatic carbocycles. The Bertz CT molecular complexity index is 648. The first kappa shape index (κ1) is 12.5. The molecule has 0 bridgehead atoms. The SMILES string of the molecule is O=C(O)[C@H]1CN(C(=O)c2ccoc2)Cc2ccccc21. The van der Waals surface area contributed by atoms with Crippen molar-refractivity contribution in [2.45, 2.75) is 12.5 Å². The van der Waals surface area contributed by atoms with Gasteiger partial charge >= 0.3 is 5.97 Å². The van der Waals surface area contributed by atoms with E-state index in [1.54, 1.807) is 11.0 Å². The van der Waals surface area contributed by atoms with Crippen molar-refractivity contribution in [2.75, 3.05) is 6.54 Å². The number of furan rings is 1. The van der Waals surface area contributed by atoms with E-state index in [-0.39, 0.29) is 12.5 Å². The van der Waals surface area contributed by atoms with Crippen LogP contribution in [0.3, 0.4) is 0 Å². The third-order valence-corrected chi connectivity index (χ3v) is 3.55. The predicted octanol–water partition coefficient (Wildman–Crippen LogP) is 2.10. The molecule has 2 heterocycles. The number of nitrogens with zero attached hydrogens (tertiary/aromatic N) is 1. The van der Waals surface area contributed by atoms with Crippen molar-refractivity contribution < 1.29 is 19.1 Å². The molecule has 0 saturated carbocycles. The molecule has 0 spiro atoms. The minimum absolute atomic E-state index is 0.177. The van der Waals surface area contributed by atoms with Gasteiger partial charge in [0.15, 0.2) is 0 Å². The number of carboxylic acid groups (broad SMARTS) is 1. The van der Waals surface area contributed by atoms with Crippen LogP contribution in [0.4, 0.5) is 0 Å². The van der Waals surface area contributed by atoms with Crippen LogP contribution in [0.5, 0.6) is 0 Å². The van der Waals surface area contributed by atoms with Crippen molar-refractivity contribution in [1.29, 1.82) is 0 Å². The second-order valence-electron chi connectivity index (χ2n) is 4.79. The molecule has 102 valence electrons. The molecular weight excluding hydrogens is 258 g/mol. The second-order valence-corrected chi connectivity index (χ2v) is 4.79. The number of carbonyl (C=O) groups excluding carboxylic acids is 1. The molecule has 1 amide bonds. The van der Waals surface area contributed by atoms with Crippen molar-refractivity contribution in [3.05, 3.63) is 59.5 Å². The molecule has 1 atom stereocenters. The van der Waals surface area contributed by atoms with Crippen molar-refractivity contribution in [2.24, 2.45) is 0 Å². The van der Waals surface area contributed by atoms with Gasteiger partial charge in [-0.2, -0.15) is 0 Å². The van der Waals surface area contributed by atoms with E-state index < -0.39 is 11.9 Å². The Morgan fingerprint density at radius 3 is 2.75 bits per heavy atom. The maximum absolute atomic E-state index is 12.3. The molecule has 0 fully saturated rings. The number of rotatable bonds is 2. The van der Waals surface area contributed by atoms with Crippen molar-refractivity contribution in [3.63, 3.8) is 0 Å². The van der Waals surface area contributed by atoms with Crippen LogP contribution in [-0.2, 0) is 11.3 Å². The number of carbonyl (C=O) groups is 2. The van der Waals surface area contributed by atoms with Crippen molar-refractivity contribution in [3.8, 4) is 0 Å². The predicted molar refractivity (Wildman–Crippen MR) is 70.3 cm³/mol. The van der Waals surface area contributed by atoms with E-state index in [1.807, 2.05) is 24.3 Å². The summed E-state index contributed by atoms with van der Waals surface area (Å²) >= 11 is 0. The van der Waals surface area contributed by atoms with E-state index in [9.17, 15) is 14.7 Å². The molecule has 1 N–H and O–H groups in total. The first-order valence-electron chi connectivity index (χ1n) is 6.29. The summed E-state index contributed by atoms with van der Waals surface area (Å²) in [7, 11) is 0. The topological polar surface area (TPSA) is 70.8 Å². The molecular formula is C15H13NO4. The van der Waals surface area contributed by atoms with Gasteiger partial charge in [-0.3, -0.25) is 9.59 Å². The minimum Gasteiger partial charge on any atom is -0.481 e. The number of amides is 1. The lowest BCUT2D eigenvalue weighted by Crippen LogP contribution is -2.40. The summed E-state index contributed by atoms with van der Waals surface area (Å²) < 4.78 is 4.91. The van der Waals surface area contributed by atoms with E-state index in [4.69, 9.17) is 4.42 Å². The molecule has 1 aliphatic heterocycles. The van der Waals surface area contributed by atoms with Crippen LogP contribution in [0.15, 0.2) is 47.3 Å². The number of benzene rings is 1.